The molecule has 1 heterocycles. The van der Waals surface area contributed by atoms with Crippen LogP contribution in [-0.4, -0.2) is 37.7 Å². The van der Waals surface area contributed by atoms with Gasteiger partial charge in [0.25, 0.3) is 5.91 Å². The van der Waals surface area contributed by atoms with E-state index in [1.165, 1.54) is 19.3 Å². The summed E-state index contributed by atoms with van der Waals surface area (Å²) >= 11 is 0. The Hall–Kier alpha value is -2.53. The molecule has 1 aliphatic heterocycles. The van der Waals surface area contributed by atoms with Gasteiger partial charge in [0.1, 0.15) is 11.4 Å². The van der Waals surface area contributed by atoms with Crippen molar-refractivity contribution in [3.63, 3.8) is 0 Å². The third kappa shape index (κ3) is 4.78. The molecule has 0 fully saturated rings. The second-order valence-corrected chi connectivity index (χ2v) is 7.95. The molecular weight excluding hydrogens is 376 g/mol. The van der Waals surface area contributed by atoms with E-state index in [0.29, 0.717) is 25.3 Å². The summed E-state index contributed by atoms with van der Waals surface area (Å²) in [6.07, 6.45) is 5.40. The van der Waals surface area contributed by atoms with E-state index in [0.717, 1.165) is 29.8 Å². The van der Waals surface area contributed by atoms with Crippen molar-refractivity contribution in [2.75, 3.05) is 32.2 Å². The number of anilines is 1. The fourth-order valence-corrected chi connectivity index (χ4v) is 4.07. The van der Waals surface area contributed by atoms with Gasteiger partial charge < -0.3 is 19.7 Å². The molecule has 0 spiro atoms. The Balaban J connectivity index is 1.92. The summed E-state index contributed by atoms with van der Waals surface area (Å²) in [7, 11) is 1.69. The zero-order valence-electron chi connectivity index (χ0n) is 18.4. The molecule has 162 valence electrons. The van der Waals surface area contributed by atoms with Gasteiger partial charge in [0.2, 0.25) is 0 Å². The maximum atomic E-state index is 13.4. The maximum Gasteiger partial charge on any atom is 0.258 e. The normalized spacial score (nSPS) is 18.1. The number of nitrogens with one attached hydrogen (secondary N) is 1. The van der Waals surface area contributed by atoms with Crippen LogP contribution in [0.4, 0.5) is 5.69 Å². The van der Waals surface area contributed by atoms with Crippen molar-refractivity contribution < 1.29 is 14.3 Å². The average Bonchev–Trinajstić information content (AvgIpc) is 2.76. The minimum Gasteiger partial charge on any atom is -0.493 e. The SMILES string of the molecule is CCCCCCOc1ccccc1C1(C)Nc2ccccc2C(=O)N1CCCOC. The first-order chi connectivity index (χ1) is 14.6. The maximum absolute atomic E-state index is 13.4. The number of rotatable bonds is 11. The number of hydrogen-bond acceptors (Lipinski definition) is 4. The minimum absolute atomic E-state index is 0.0284. The number of amides is 1. The zero-order valence-corrected chi connectivity index (χ0v) is 18.4. The summed E-state index contributed by atoms with van der Waals surface area (Å²) < 4.78 is 11.4. The lowest BCUT2D eigenvalue weighted by molar-refractivity contribution is 0.0498. The topological polar surface area (TPSA) is 50.8 Å². The van der Waals surface area contributed by atoms with Crippen molar-refractivity contribution in [2.24, 2.45) is 0 Å². The smallest absolute Gasteiger partial charge is 0.258 e. The zero-order chi connectivity index (χ0) is 21.4. The van der Waals surface area contributed by atoms with Gasteiger partial charge in [-0.1, -0.05) is 56.5 Å². The van der Waals surface area contributed by atoms with Crippen LogP contribution in [0, 0.1) is 0 Å². The van der Waals surface area contributed by atoms with Crippen LogP contribution in [0.3, 0.4) is 0 Å². The Morgan fingerprint density at radius 1 is 0.967 bits per heavy atom. The second kappa shape index (κ2) is 10.5. The lowest BCUT2D eigenvalue weighted by Gasteiger charge is -2.47. The van der Waals surface area contributed by atoms with Gasteiger partial charge in [-0.3, -0.25) is 4.79 Å². The number of fused-ring (bicyclic) bond motifs is 1. The lowest BCUT2D eigenvalue weighted by Crippen LogP contribution is -2.56. The Kier molecular flexibility index (Phi) is 7.75. The summed E-state index contributed by atoms with van der Waals surface area (Å²) in [5.41, 5.74) is 1.82. The number of methoxy groups -OCH3 is 1. The van der Waals surface area contributed by atoms with Crippen LogP contribution in [0.2, 0.25) is 0 Å². The molecule has 5 heteroatoms. The second-order valence-electron chi connectivity index (χ2n) is 7.95. The number of benzene rings is 2. The minimum atomic E-state index is -0.709. The van der Waals surface area contributed by atoms with E-state index < -0.39 is 5.66 Å². The Morgan fingerprint density at radius 2 is 1.73 bits per heavy atom. The largest absolute Gasteiger partial charge is 0.493 e. The van der Waals surface area contributed by atoms with E-state index in [9.17, 15) is 4.79 Å². The van der Waals surface area contributed by atoms with Gasteiger partial charge in [0, 0.05) is 31.5 Å². The molecule has 5 nitrogen and oxygen atoms in total. The molecule has 0 aromatic heterocycles. The molecule has 2 aromatic carbocycles. The molecule has 0 aliphatic carbocycles. The molecular formula is C25H34N2O3. The summed E-state index contributed by atoms with van der Waals surface area (Å²) in [6.45, 7) is 6.15. The van der Waals surface area contributed by atoms with Crippen molar-refractivity contribution in [1.82, 2.24) is 4.90 Å². The molecule has 30 heavy (non-hydrogen) atoms. The number of carbonyl (C=O) groups is 1. The van der Waals surface area contributed by atoms with Crippen LogP contribution in [0.1, 0.15) is 61.9 Å². The van der Waals surface area contributed by atoms with Gasteiger partial charge in [-0.2, -0.15) is 0 Å². The highest BCUT2D eigenvalue weighted by Crippen LogP contribution is 2.41. The van der Waals surface area contributed by atoms with Gasteiger partial charge >= 0.3 is 0 Å². The first-order valence-corrected chi connectivity index (χ1v) is 11.0. The fraction of sp³-hybridized carbons (Fsp3) is 0.480. The van der Waals surface area contributed by atoms with E-state index >= 15 is 0 Å². The molecule has 0 radical (unpaired) electrons. The molecule has 0 bridgehead atoms. The first-order valence-electron chi connectivity index (χ1n) is 11.0. The highest BCUT2D eigenvalue weighted by Gasteiger charge is 2.43. The molecule has 1 N–H and O–H groups in total. The molecule has 1 aliphatic rings. The number of ether oxygens (including phenoxy) is 2. The molecule has 1 unspecified atom stereocenters. The van der Waals surface area contributed by atoms with Gasteiger partial charge in [0.15, 0.2) is 0 Å². The van der Waals surface area contributed by atoms with Crippen molar-refractivity contribution in [3.8, 4) is 5.75 Å². The number of hydrogen-bond donors (Lipinski definition) is 1. The Morgan fingerprint density at radius 3 is 2.53 bits per heavy atom. The van der Waals surface area contributed by atoms with Crippen molar-refractivity contribution >= 4 is 11.6 Å². The van der Waals surface area contributed by atoms with E-state index in [1.807, 2.05) is 47.4 Å². The lowest BCUT2D eigenvalue weighted by atomic mass is 9.92. The molecule has 1 amide bonds. The third-order valence-electron chi connectivity index (χ3n) is 5.72. The summed E-state index contributed by atoms with van der Waals surface area (Å²) in [5, 5.41) is 3.63. The predicted octanol–water partition coefficient (Wildman–Crippen LogP) is 5.42. The van der Waals surface area contributed by atoms with E-state index in [1.54, 1.807) is 7.11 Å². The van der Waals surface area contributed by atoms with E-state index in [2.05, 4.69) is 25.2 Å². The van der Waals surface area contributed by atoms with Gasteiger partial charge in [-0.15, -0.1) is 0 Å². The first kappa shape index (κ1) is 22.2. The average molecular weight is 411 g/mol. The third-order valence-corrected chi connectivity index (χ3v) is 5.72. The molecule has 0 saturated carbocycles. The van der Waals surface area contributed by atoms with Gasteiger partial charge in [-0.25, -0.2) is 0 Å². The van der Waals surface area contributed by atoms with Crippen LogP contribution < -0.4 is 10.1 Å². The Labute approximate surface area is 180 Å². The predicted molar refractivity (Wildman–Crippen MR) is 121 cm³/mol. The number of nitrogens with zero attached hydrogens (tertiary/aromatic N) is 1. The van der Waals surface area contributed by atoms with Crippen LogP contribution in [0.25, 0.3) is 0 Å². The van der Waals surface area contributed by atoms with E-state index in [-0.39, 0.29) is 5.91 Å². The van der Waals surface area contributed by atoms with Gasteiger partial charge in [0.05, 0.1) is 12.2 Å². The Bertz CT molecular complexity index is 839. The van der Waals surface area contributed by atoms with Crippen molar-refractivity contribution in [3.05, 3.63) is 59.7 Å². The van der Waals surface area contributed by atoms with Crippen LogP contribution in [-0.2, 0) is 10.4 Å². The summed E-state index contributed by atoms with van der Waals surface area (Å²) in [6, 6.07) is 15.7. The van der Waals surface area contributed by atoms with Gasteiger partial charge in [-0.05, 0) is 38.0 Å². The molecule has 2 aromatic rings. The highest BCUT2D eigenvalue weighted by atomic mass is 16.5. The molecule has 1 atom stereocenters. The monoisotopic (exact) mass is 410 g/mol. The van der Waals surface area contributed by atoms with Crippen LogP contribution in [0.5, 0.6) is 5.75 Å². The standard InChI is InChI=1S/C25H34N2O3/c1-4-5-6-11-19-30-23-16-10-8-14-21(23)25(2)26-22-15-9-7-13-20(22)24(28)27(25)17-12-18-29-3/h7-10,13-16,26H,4-6,11-12,17-19H2,1-3H3. The number of unbranched alkanes of at least 4 members (excludes halogenated alkanes) is 3. The van der Waals surface area contributed by atoms with E-state index in [4.69, 9.17) is 9.47 Å². The number of para-hydroxylation sites is 2. The van der Waals surface area contributed by atoms with Crippen LogP contribution in [0.15, 0.2) is 48.5 Å². The number of carbonyl (C=O) groups excluding carboxylic acids is 1. The summed E-state index contributed by atoms with van der Waals surface area (Å²) in [4.78, 5) is 15.4. The summed E-state index contributed by atoms with van der Waals surface area (Å²) in [5.74, 6) is 0.855. The van der Waals surface area contributed by atoms with Crippen molar-refractivity contribution in [2.45, 2.75) is 51.6 Å². The molecule has 3 rings (SSSR count). The quantitative estimate of drug-likeness (QED) is 0.502. The molecule has 0 saturated heterocycles. The fourth-order valence-electron chi connectivity index (χ4n) is 4.07. The van der Waals surface area contributed by atoms with Crippen molar-refractivity contribution in [1.29, 1.82) is 0 Å². The van der Waals surface area contributed by atoms with Crippen LogP contribution >= 0.6 is 0 Å². The highest BCUT2D eigenvalue weighted by molar-refractivity contribution is 6.02.